The molecule has 8 nitrogen and oxygen atoms in total. The number of ether oxygens (including phenoxy) is 2. The maximum absolute atomic E-state index is 14.3. The second kappa shape index (κ2) is 10.7. The van der Waals surface area contributed by atoms with Crippen molar-refractivity contribution in [2.45, 2.75) is 26.8 Å². The van der Waals surface area contributed by atoms with Gasteiger partial charge < -0.3 is 20.3 Å². The minimum Gasteiger partial charge on any atom is -0.465 e. The second-order valence-corrected chi connectivity index (χ2v) is 10.7. The highest BCUT2D eigenvalue weighted by Gasteiger charge is 2.36. The monoisotopic (exact) mass is 524 g/mol. The van der Waals surface area contributed by atoms with Gasteiger partial charge in [-0.25, -0.2) is 14.2 Å². The Hall–Kier alpha value is -3.76. The molecule has 10 heteroatoms. The number of carboxylic acid groups (broad SMARTS) is 1. The van der Waals surface area contributed by atoms with E-state index in [9.17, 15) is 14.3 Å². The molecule has 4 rings (SSSR count). The molecule has 1 aromatic carbocycles. The van der Waals surface area contributed by atoms with Crippen LogP contribution in [0.1, 0.15) is 32.5 Å². The maximum Gasteiger partial charge on any atom is 0.407 e. The molecule has 37 heavy (non-hydrogen) atoms. The number of anilines is 1. The van der Waals surface area contributed by atoms with Crippen LogP contribution in [0.15, 0.2) is 54.7 Å². The van der Waals surface area contributed by atoms with Gasteiger partial charge in [0.05, 0.1) is 39.1 Å². The van der Waals surface area contributed by atoms with Crippen molar-refractivity contribution in [3.05, 3.63) is 66.2 Å². The number of aromatic nitrogens is 2. The summed E-state index contributed by atoms with van der Waals surface area (Å²) >= 11 is 1.41. The van der Waals surface area contributed by atoms with Crippen molar-refractivity contribution in [2.24, 2.45) is 5.41 Å². The Kier molecular flexibility index (Phi) is 7.60. The van der Waals surface area contributed by atoms with Gasteiger partial charge in [-0.2, -0.15) is 0 Å². The SMILES string of the molecule is COCCN(C(=O)O)C(c1cccc(-c2cc3nccc(Oc4ccc(N)cc4F)c3s2)n1)C(C)(C)C. The summed E-state index contributed by atoms with van der Waals surface area (Å²) in [6, 6.07) is 12.9. The predicted molar refractivity (Wildman–Crippen MR) is 143 cm³/mol. The van der Waals surface area contributed by atoms with Gasteiger partial charge >= 0.3 is 6.09 Å². The summed E-state index contributed by atoms with van der Waals surface area (Å²) in [7, 11) is 1.54. The van der Waals surface area contributed by atoms with E-state index < -0.39 is 23.4 Å². The molecule has 3 N–H and O–H groups in total. The molecule has 1 amide bonds. The molecule has 1 unspecified atom stereocenters. The Balaban J connectivity index is 1.73. The van der Waals surface area contributed by atoms with Crippen LogP contribution in [0.3, 0.4) is 0 Å². The van der Waals surface area contributed by atoms with Crippen molar-refractivity contribution >= 4 is 33.3 Å². The first-order valence-electron chi connectivity index (χ1n) is 11.7. The molecule has 194 valence electrons. The number of fused-ring (bicyclic) bond motifs is 1. The number of halogens is 1. The first-order valence-corrected chi connectivity index (χ1v) is 12.5. The third-order valence-corrected chi connectivity index (χ3v) is 6.93. The highest BCUT2D eigenvalue weighted by atomic mass is 32.1. The Morgan fingerprint density at radius 3 is 2.65 bits per heavy atom. The zero-order valence-corrected chi connectivity index (χ0v) is 21.9. The van der Waals surface area contributed by atoms with Gasteiger partial charge in [0.1, 0.15) is 5.75 Å². The third kappa shape index (κ3) is 5.81. The number of carbonyl (C=O) groups is 1. The van der Waals surface area contributed by atoms with Crippen LogP contribution in [-0.2, 0) is 4.74 Å². The van der Waals surface area contributed by atoms with E-state index in [0.29, 0.717) is 28.3 Å². The summed E-state index contributed by atoms with van der Waals surface area (Å²) in [4.78, 5) is 23.7. The zero-order chi connectivity index (χ0) is 26.7. The van der Waals surface area contributed by atoms with E-state index in [-0.39, 0.29) is 18.9 Å². The van der Waals surface area contributed by atoms with Gasteiger partial charge in [0.2, 0.25) is 0 Å². The fourth-order valence-electron chi connectivity index (χ4n) is 4.18. The Morgan fingerprint density at radius 1 is 1.19 bits per heavy atom. The minimum absolute atomic E-state index is 0.0645. The first kappa shape index (κ1) is 26.3. The van der Waals surface area contributed by atoms with E-state index in [4.69, 9.17) is 20.2 Å². The molecule has 0 saturated heterocycles. The van der Waals surface area contributed by atoms with Crippen molar-refractivity contribution in [1.29, 1.82) is 0 Å². The Bertz CT molecular complexity index is 1420. The van der Waals surface area contributed by atoms with Gasteiger partial charge in [0, 0.05) is 37.7 Å². The number of pyridine rings is 2. The van der Waals surface area contributed by atoms with E-state index in [1.54, 1.807) is 25.4 Å². The molecule has 4 aromatic rings. The van der Waals surface area contributed by atoms with Crippen LogP contribution in [0.4, 0.5) is 14.9 Å². The molecule has 3 aromatic heterocycles. The van der Waals surface area contributed by atoms with Gasteiger partial charge in [-0.1, -0.05) is 26.8 Å². The molecule has 0 aliphatic carbocycles. The first-order chi connectivity index (χ1) is 17.6. The summed E-state index contributed by atoms with van der Waals surface area (Å²) in [6.07, 6.45) is 0.565. The van der Waals surface area contributed by atoms with Gasteiger partial charge in [-0.3, -0.25) is 9.88 Å². The topological polar surface area (TPSA) is 111 Å². The van der Waals surface area contributed by atoms with Crippen LogP contribution >= 0.6 is 11.3 Å². The van der Waals surface area contributed by atoms with E-state index in [1.165, 1.54) is 28.4 Å². The smallest absolute Gasteiger partial charge is 0.407 e. The normalized spacial score (nSPS) is 12.5. The van der Waals surface area contributed by atoms with E-state index in [0.717, 1.165) is 9.58 Å². The van der Waals surface area contributed by atoms with Crippen LogP contribution in [0, 0.1) is 11.2 Å². The lowest BCUT2D eigenvalue weighted by Gasteiger charge is -2.38. The molecule has 0 aliphatic rings. The molecule has 0 radical (unpaired) electrons. The van der Waals surface area contributed by atoms with Crippen LogP contribution in [0.2, 0.25) is 0 Å². The lowest BCUT2D eigenvalue weighted by Crippen LogP contribution is -2.42. The average Bonchev–Trinajstić information content (AvgIpc) is 3.28. The number of thiophene rings is 1. The minimum atomic E-state index is -1.04. The highest BCUT2D eigenvalue weighted by molar-refractivity contribution is 7.22. The molecule has 0 fully saturated rings. The average molecular weight is 525 g/mol. The molecular formula is C27H29FN4O4S. The van der Waals surface area contributed by atoms with Crippen molar-refractivity contribution < 1.29 is 23.8 Å². The quantitative estimate of drug-likeness (QED) is 0.250. The van der Waals surface area contributed by atoms with Crippen molar-refractivity contribution in [3.8, 4) is 22.1 Å². The van der Waals surface area contributed by atoms with Crippen molar-refractivity contribution in [1.82, 2.24) is 14.9 Å². The van der Waals surface area contributed by atoms with Crippen LogP contribution in [0.25, 0.3) is 20.8 Å². The van der Waals surface area contributed by atoms with Gasteiger partial charge in [-0.15, -0.1) is 11.3 Å². The number of amides is 1. The van der Waals surface area contributed by atoms with Gasteiger partial charge in [0.25, 0.3) is 0 Å². The summed E-state index contributed by atoms with van der Waals surface area (Å²) in [5.74, 6) is -0.0272. The molecule has 0 spiro atoms. The Morgan fingerprint density at radius 2 is 1.97 bits per heavy atom. The summed E-state index contributed by atoms with van der Waals surface area (Å²) in [5.41, 5.74) is 7.52. The molecule has 0 bridgehead atoms. The predicted octanol–water partition coefficient (Wildman–Crippen LogP) is 6.59. The number of benzene rings is 1. The number of methoxy groups -OCH3 is 1. The van der Waals surface area contributed by atoms with Crippen LogP contribution in [0.5, 0.6) is 11.5 Å². The largest absolute Gasteiger partial charge is 0.465 e. The summed E-state index contributed by atoms with van der Waals surface area (Å²) in [5, 5.41) is 9.95. The molecule has 0 saturated carbocycles. The molecule has 0 aliphatic heterocycles. The summed E-state index contributed by atoms with van der Waals surface area (Å²) < 4.78 is 26.1. The number of nitrogens with zero attached hydrogens (tertiary/aromatic N) is 3. The molecular weight excluding hydrogens is 495 g/mol. The van der Waals surface area contributed by atoms with Gasteiger partial charge in [0.15, 0.2) is 11.6 Å². The molecule has 3 heterocycles. The number of hydrogen-bond donors (Lipinski definition) is 2. The maximum atomic E-state index is 14.3. The van der Waals surface area contributed by atoms with E-state index >= 15 is 0 Å². The number of hydrogen-bond acceptors (Lipinski definition) is 7. The number of rotatable bonds is 8. The third-order valence-electron chi connectivity index (χ3n) is 5.77. The summed E-state index contributed by atoms with van der Waals surface area (Å²) in [6.45, 7) is 6.45. The van der Waals surface area contributed by atoms with Crippen molar-refractivity contribution in [2.75, 3.05) is 26.0 Å². The van der Waals surface area contributed by atoms with Crippen LogP contribution in [-0.4, -0.2) is 46.3 Å². The number of nitrogen functional groups attached to an aromatic ring is 1. The zero-order valence-electron chi connectivity index (χ0n) is 21.1. The fourth-order valence-corrected chi connectivity index (χ4v) is 5.21. The van der Waals surface area contributed by atoms with Gasteiger partial charge in [-0.05, 0) is 35.7 Å². The fraction of sp³-hybridized carbons (Fsp3) is 0.296. The van der Waals surface area contributed by atoms with Crippen molar-refractivity contribution in [3.63, 3.8) is 0 Å². The van der Waals surface area contributed by atoms with Crippen LogP contribution < -0.4 is 10.5 Å². The molecule has 1 atom stereocenters. The lowest BCUT2D eigenvalue weighted by atomic mass is 9.83. The number of nitrogens with two attached hydrogens (primary N) is 1. The standard InChI is InChI=1S/C27H29FN4O4S/c1-27(2,3)25(32(26(33)34)12-13-35-4)19-7-5-6-18(31-19)23-15-20-24(37-23)22(10-11-30-20)36-21-9-8-16(29)14-17(21)28/h5-11,14-15,25H,12-13,29H2,1-4H3,(H,33,34). The highest BCUT2D eigenvalue weighted by Crippen LogP contribution is 2.41. The lowest BCUT2D eigenvalue weighted by molar-refractivity contribution is 0.0597. The second-order valence-electron chi connectivity index (χ2n) is 9.61. The Labute approximate surface area is 218 Å². The van der Waals surface area contributed by atoms with E-state index in [2.05, 4.69) is 4.98 Å². The van der Waals surface area contributed by atoms with E-state index in [1.807, 2.05) is 45.0 Å².